The van der Waals surface area contributed by atoms with Gasteiger partial charge in [-0.05, 0) is 30.5 Å². The molecule has 0 amide bonds. The van der Waals surface area contributed by atoms with Gasteiger partial charge in [0.25, 0.3) is 0 Å². The maximum atomic E-state index is 11.6. The van der Waals surface area contributed by atoms with Gasteiger partial charge in [-0.1, -0.05) is 0 Å². The normalized spacial score (nSPS) is 24.3. The van der Waals surface area contributed by atoms with Gasteiger partial charge in [0, 0.05) is 24.5 Å². The van der Waals surface area contributed by atoms with E-state index in [1.54, 1.807) is 12.4 Å². The van der Waals surface area contributed by atoms with Crippen LogP contribution in [0.2, 0.25) is 0 Å². The first-order chi connectivity index (χ1) is 7.57. The average Bonchev–Trinajstić information content (AvgIpc) is 2.92. The Morgan fingerprint density at radius 1 is 1.44 bits per heavy atom. The van der Waals surface area contributed by atoms with Crippen LogP contribution in [0, 0.1) is 0 Å². The van der Waals surface area contributed by atoms with Gasteiger partial charge in [0.05, 0.1) is 5.75 Å². The Balaban J connectivity index is 1.85. The molecule has 0 bridgehead atoms. The van der Waals surface area contributed by atoms with E-state index in [4.69, 9.17) is 5.73 Å². The van der Waals surface area contributed by atoms with Crippen LogP contribution in [-0.4, -0.2) is 31.2 Å². The van der Waals surface area contributed by atoms with Crippen LogP contribution < -0.4 is 10.5 Å². The summed E-state index contributed by atoms with van der Waals surface area (Å²) < 4.78 is 25.8. The summed E-state index contributed by atoms with van der Waals surface area (Å²) in [4.78, 5) is 3.88. The molecule has 5 nitrogen and oxygen atoms in total. The zero-order valence-electron chi connectivity index (χ0n) is 8.83. The van der Waals surface area contributed by atoms with Crippen LogP contribution in [0.5, 0.6) is 0 Å². The van der Waals surface area contributed by atoms with Crippen LogP contribution in [0.3, 0.4) is 0 Å². The monoisotopic (exact) mass is 241 g/mol. The first-order valence-corrected chi connectivity index (χ1v) is 6.86. The Kier molecular flexibility index (Phi) is 3.22. The molecular formula is C10H15N3O2S. The van der Waals surface area contributed by atoms with Gasteiger partial charge in [-0.2, -0.15) is 0 Å². The summed E-state index contributed by atoms with van der Waals surface area (Å²) in [5, 5.41) is 0. The third kappa shape index (κ3) is 3.26. The molecule has 1 aliphatic rings. The second kappa shape index (κ2) is 4.48. The van der Waals surface area contributed by atoms with Crippen molar-refractivity contribution in [3.63, 3.8) is 0 Å². The van der Waals surface area contributed by atoms with Crippen molar-refractivity contribution in [2.24, 2.45) is 5.73 Å². The fourth-order valence-electron chi connectivity index (χ4n) is 1.44. The summed E-state index contributed by atoms with van der Waals surface area (Å²) in [7, 11) is -3.20. The van der Waals surface area contributed by atoms with Crippen molar-refractivity contribution in [1.82, 2.24) is 9.71 Å². The minimum atomic E-state index is -3.20. The number of nitrogens with zero attached hydrogens (tertiary/aromatic N) is 1. The minimum Gasteiger partial charge on any atom is -0.326 e. The van der Waals surface area contributed by atoms with Crippen molar-refractivity contribution in [3.05, 3.63) is 30.1 Å². The van der Waals surface area contributed by atoms with Gasteiger partial charge in [-0.3, -0.25) is 4.98 Å². The Labute approximate surface area is 95.1 Å². The molecule has 2 atom stereocenters. The standard InChI is InChI=1S/C10H15N3O2S/c11-9-7-10(9)13-16(14,15)6-3-8-1-4-12-5-2-8/h1-2,4-5,9-10,13H,3,6-7,11H2. The first-order valence-electron chi connectivity index (χ1n) is 5.21. The molecule has 1 fully saturated rings. The van der Waals surface area contributed by atoms with E-state index in [1.165, 1.54) is 0 Å². The van der Waals surface area contributed by atoms with Gasteiger partial charge in [0.1, 0.15) is 0 Å². The first kappa shape index (κ1) is 11.5. The number of hydrogen-bond acceptors (Lipinski definition) is 4. The molecule has 6 heteroatoms. The van der Waals surface area contributed by atoms with Crippen LogP contribution in [0.25, 0.3) is 0 Å². The number of rotatable bonds is 5. The number of pyridine rings is 1. The predicted molar refractivity (Wildman–Crippen MR) is 61.2 cm³/mol. The van der Waals surface area contributed by atoms with E-state index in [0.29, 0.717) is 6.42 Å². The van der Waals surface area contributed by atoms with Crippen LogP contribution in [0.15, 0.2) is 24.5 Å². The van der Waals surface area contributed by atoms with Gasteiger partial charge in [-0.15, -0.1) is 0 Å². The van der Waals surface area contributed by atoms with Gasteiger partial charge < -0.3 is 5.73 Å². The van der Waals surface area contributed by atoms with Gasteiger partial charge in [0.15, 0.2) is 0 Å². The van der Waals surface area contributed by atoms with E-state index in [1.807, 2.05) is 12.1 Å². The second-order valence-electron chi connectivity index (χ2n) is 4.05. The van der Waals surface area contributed by atoms with E-state index in [2.05, 4.69) is 9.71 Å². The van der Waals surface area contributed by atoms with Crippen molar-refractivity contribution < 1.29 is 8.42 Å². The third-order valence-corrected chi connectivity index (χ3v) is 3.98. The highest BCUT2D eigenvalue weighted by molar-refractivity contribution is 7.89. The smallest absolute Gasteiger partial charge is 0.212 e. The Morgan fingerprint density at radius 3 is 2.62 bits per heavy atom. The number of hydrogen-bond donors (Lipinski definition) is 2. The maximum absolute atomic E-state index is 11.6. The summed E-state index contributed by atoms with van der Waals surface area (Å²) in [5.74, 6) is 0.0975. The van der Waals surface area contributed by atoms with Crippen molar-refractivity contribution in [3.8, 4) is 0 Å². The molecule has 1 aromatic heterocycles. The summed E-state index contributed by atoms with van der Waals surface area (Å²) in [6.45, 7) is 0. The van der Waals surface area contributed by atoms with Gasteiger partial charge in [0.2, 0.25) is 10.0 Å². The van der Waals surface area contributed by atoms with Crippen LogP contribution in [0.1, 0.15) is 12.0 Å². The second-order valence-corrected chi connectivity index (χ2v) is 5.92. The van der Waals surface area contributed by atoms with Crippen LogP contribution in [-0.2, 0) is 16.4 Å². The summed E-state index contributed by atoms with van der Waals surface area (Å²) in [5.41, 5.74) is 6.52. The molecule has 0 radical (unpaired) electrons. The van der Waals surface area contributed by atoms with Crippen molar-refractivity contribution in [1.29, 1.82) is 0 Å². The lowest BCUT2D eigenvalue weighted by Crippen LogP contribution is -2.32. The van der Waals surface area contributed by atoms with Crippen LogP contribution >= 0.6 is 0 Å². The number of aryl methyl sites for hydroxylation is 1. The Morgan fingerprint density at radius 2 is 2.06 bits per heavy atom. The number of aromatic nitrogens is 1. The SMILES string of the molecule is NC1CC1NS(=O)(=O)CCc1ccncc1. The maximum Gasteiger partial charge on any atom is 0.212 e. The molecule has 0 saturated heterocycles. The van der Waals surface area contributed by atoms with Gasteiger partial charge in [-0.25, -0.2) is 13.1 Å². The van der Waals surface area contributed by atoms with E-state index < -0.39 is 10.0 Å². The quantitative estimate of drug-likeness (QED) is 0.737. The fraction of sp³-hybridized carbons (Fsp3) is 0.500. The van der Waals surface area contributed by atoms with Gasteiger partial charge >= 0.3 is 0 Å². The lowest BCUT2D eigenvalue weighted by atomic mass is 10.2. The van der Waals surface area contributed by atoms with Crippen molar-refractivity contribution in [2.75, 3.05) is 5.75 Å². The number of nitrogens with two attached hydrogens (primary N) is 1. The third-order valence-electron chi connectivity index (χ3n) is 2.58. The fourth-order valence-corrected chi connectivity index (χ4v) is 2.80. The highest BCUT2D eigenvalue weighted by Crippen LogP contribution is 2.18. The molecule has 0 aromatic carbocycles. The molecule has 1 aliphatic carbocycles. The highest BCUT2D eigenvalue weighted by atomic mass is 32.2. The van der Waals surface area contributed by atoms with Crippen molar-refractivity contribution in [2.45, 2.75) is 24.9 Å². The predicted octanol–water partition coefficient (Wildman–Crippen LogP) is -0.357. The minimum absolute atomic E-state index is 0.00398. The highest BCUT2D eigenvalue weighted by Gasteiger charge is 2.36. The largest absolute Gasteiger partial charge is 0.326 e. The van der Waals surface area contributed by atoms with E-state index in [9.17, 15) is 8.42 Å². The zero-order chi connectivity index (χ0) is 11.6. The molecule has 2 rings (SSSR count). The topological polar surface area (TPSA) is 85.1 Å². The Hall–Kier alpha value is -0.980. The molecule has 88 valence electrons. The lowest BCUT2D eigenvalue weighted by Gasteiger charge is -2.05. The summed E-state index contributed by atoms with van der Waals surface area (Å²) in [6.07, 6.45) is 4.56. The Bertz CT molecular complexity index is 446. The molecule has 0 spiro atoms. The molecule has 2 unspecified atom stereocenters. The summed E-state index contributed by atoms with van der Waals surface area (Å²) in [6, 6.07) is 3.58. The molecule has 1 saturated carbocycles. The zero-order valence-corrected chi connectivity index (χ0v) is 9.65. The summed E-state index contributed by atoms with van der Waals surface area (Å²) >= 11 is 0. The van der Waals surface area contributed by atoms with E-state index >= 15 is 0 Å². The van der Waals surface area contributed by atoms with Crippen LogP contribution in [0.4, 0.5) is 0 Å². The molecular weight excluding hydrogens is 226 g/mol. The molecule has 16 heavy (non-hydrogen) atoms. The molecule has 1 aromatic rings. The molecule has 1 heterocycles. The molecule has 3 N–H and O–H groups in total. The van der Waals surface area contributed by atoms with E-state index in [0.717, 1.165) is 12.0 Å². The van der Waals surface area contributed by atoms with Crippen molar-refractivity contribution >= 4 is 10.0 Å². The van der Waals surface area contributed by atoms with E-state index in [-0.39, 0.29) is 17.8 Å². The number of nitrogens with one attached hydrogen (secondary N) is 1. The number of sulfonamides is 1. The average molecular weight is 241 g/mol. The lowest BCUT2D eigenvalue weighted by molar-refractivity contribution is 0.579. The molecule has 0 aliphatic heterocycles.